The average molecular weight is 256 g/mol. The first-order chi connectivity index (χ1) is 9.92. The Morgan fingerprint density at radius 1 is 0.600 bits per heavy atom. The molecule has 0 fully saturated rings. The zero-order chi connectivity index (χ0) is 13.4. The Morgan fingerprint density at radius 2 is 1.35 bits per heavy atom. The molecule has 0 aliphatic rings. The number of benzene rings is 3. The van der Waals surface area contributed by atoms with E-state index in [1.165, 1.54) is 21.5 Å². The lowest BCUT2D eigenvalue weighted by molar-refractivity contribution is 1.18. The lowest BCUT2D eigenvalue weighted by Gasteiger charge is -2.06. The summed E-state index contributed by atoms with van der Waals surface area (Å²) in [4.78, 5) is 8.61. The van der Waals surface area contributed by atoms with Crippen LogP contribution in [0.5, 0.6) is 0 Å². The van der Waals surface area contributed by atoms with Gasteiger partial charge in [-0.15, -0.1) is 0 Å². The summed E-state index contributed by atoms with van der Waals surface area (Å²) < 4.78 is 0. The van der Waals surface area contributed by atoms with Gasteiger partial charge in [-0.1, -0.05) is 48.5 Å². The highest BCUT2D eigenvalue weighted by Crippen LogP contribution is 2.28. The maximum absolute atomic E-state index is 4.31. The SMILES string of the molecule is c1cnc(-c2ccc3c(ccc4ccccc43)c2)nc1. The van der Waals surface area contributed by atoms with Gasteiger partial charge in [-0.2, -0.15) is 0 Å². The molecule has 1 aromatic heterocycles. The van der Waals surface area contributed by atoms with Gasteiger partial charge < -0.3 is 0 Å². The van der Waals surface area contributed by atoms with Crippen LogP contribution in [0.25, 0.3) is 32.9 Å². The van der Waals surface area contributed by atoms with Crippen LogP contribution in [-0.2, 0) is 0 Å². The van der Waals surface area contributed by atoms with Crippen molar-refractivity contribution >= 4 is 21.5 Å². The fourth-order valence-electron chi connectivity index (χ4n) is 2.60. The molecule has 3 aromatic carbocycles. The molecule has 0 unspecified atom stereocenters. The zero-order valence-corrected chi connectivity index (χ0v) is 10.8. The van der Waals surface area contributed by atoms with Crippen molar-refractivity contribution in [1.29, 1.82) is 0 Å². The molecule has 0 atom stereocenters. The van der Waals surface area contributed by atoms with E-state index in [1.807, 2.05) is 6.07 Å². The molecule has 4 rings (SSSR count). The molecule has 2 heteroatoms. The van der Waals surface area contributed by atoms with Gasteiger partial charge >= 0.3 is 0 Å². The second-order valence-electron chi connectivity index (χ2n) is 4.80. The van der Waals surface area contributed by atoms with Crippen LogP contribution in [0.4, 0.5) is 0 Å². The van der Waals surface area contributed by atoms with Gasteiger partial charge in [0, 0.05) is 18.0 Å². The summed E-state index contributed by atoms with van der Waals surface area (Å²) in [5.74, 6) is 0.766. The molecule has 0 radical (unpaired) electrons. The van der Waals surface area contributed by atoms with Crippen LogP contribution in [0, 0.1) is 0 Å². The predicted molar refractivity (Wildman–Crippen MR) is 82.5 cm³/mol. The molecule has 0 bridgehead atoms. The normalized spacial score (nSPS) is 11.0. The maximum Gasteiger partial charge on any atom is 0.159 e. The summed E-state index contributed by atoms with van der Waals surface area (Å²) in [6, 6.07) is 21.0. The van der Waals surface area contributed by atoms with E-state index in [9.17, 15) is 0 Å². The van der Waals surface area contributed by atoms with E-state index in [4.69, 9.17) is 0 Å². The summed E-state index contributed by atoms with van der Waals surface area (Å²) in [5, 5.41) is 5.03. The second kappa shape index (κ2) is 4.42. The monoisotopic (exact) mass is 256 g/mol. The first-order valence-electron chi connectivity index (χ1n) is 6.61. The smallest absolute Gasteiger partial charge is 0.159 e. The molecule has 94 valence electrons. The van der Waals surface area contributed by atoms with E-state index in [-0.39, 0.29) is 0 Å². The van der Waals surface area contributed by atoms with Crippen LogP contribution in [0.3, 0.4) is 0 Å². The lowest BCUT2D eigenvalue weighted by Crippen LogP contribution is -1.87. The number of hydrogen-bond donors (Lipinski definition) is 0. The molecule has 0 aliphatic heterocycles. The second-order valence-corrected chi connectivity index (χ2v) is 4.80. The van der Waals surface area contributed by atoms with E-state index in [1.54, 1.807) is 12.4 Å². The summed E-state index contributed by atoms with van der Waals surface area (Å²) in [5.41, 5.74) is 1.05. The van der Waals surface area contributed by atoms with E-state index < -0.39 is 0 Å². The van der Waals surface area contributed by atoms with E-state index >= 15 is 0 Å². The third kappa shape index (κ3) is 1.74. The van der Waals surface area contributed by atoms with Crippen molar-refractivity contribution in [1.82, 2.24) is 9.97 Å². The first-order valence-corrected chi connectivity index (χ1v) is 6.61. The van der Waals surface area contributed by atoms with E-state index in [2.05, 4.69) is 64.6 Å². The molecule has 20 heavy (non-hydrogen) atoms. The van der Waals surface area contributed by atoms with Gasteiger partial charge in [0.2, 0.25) is 0 Å². The van der Waals surface area contributed by atoms with Crippen LogP contribution in [0.15, 0.2) is 73.1 Å². The van der Waals surface area contributed by atoms with Crippen molar-refractivity contribution in [3.05, 3.63) is 73.1 Å². The Labute approximate surface area is 116 Å². The summed E-state index contributed by atoms with van der Waals surface area (Å²) >= 11 is 0. The average Bonchev–Trinajstić information content (AvgIpc) is 2.55. The Balaban J connectivity index is 1.99. The van der Waals surface area contributed by atoms with Crippen LogP contribution >= 0.6 is 0 Å². The molecule has 0 aliphatic carbocycles. The Kier molecular flexibility index (Phi) is 2.46. The number of nitrogens with zero attached hydrogens (tertiary/aromatic N) is 2. The minimum atomic E-state index is 0.766. The van der Waals surface area contributed by atoms with Gasteiger partial charge in [-0.25, -0.2) is 9.97 Å². The van der Waals surface area contributed by atoms with Crippen molar-refractivity contribution in [2.24, 2.45) is 0 Å². The predicted octanol–water partition coefficient (Wildman–Crippen LogP) is 4.45. The Morgan fingerprint density at radius 3 is 2.25 bits per heavy atom. The zero-order valence-electron chi connectivity index (χ0n) is 10.8. The third-order valence-corrected chi connectivity index (χ3v) is 3.57. The van der Waals surface area contributed by atoms with Gasteiger partial charge in [-0.3, -0.25) is 0 Å². The third-order valence-electron chi connectivity index (χ3n) is 3.57. The summed E-state index contributed by atoms with van der Waals surface area (Å²) in [7, 11) is 0. The van der Waals surface area contributed by atoms with Crippen molar-refractivity contribution in [2.45, 2.75) is 0 Å². The number of hydrogen-bond acceptors (Lipinski definition) is 2. The molecule has 2 nitrogen and oxygen atoms in total. The maximum atomic E-state index is 4.31. The molecule has 1 heterocycles. The topological polar surface area (TPSA) is 25.8 Å². The fourth-order valence-corrected chi connectivity index (χ4v) is 2.60. The standard InChI is InChI=1S/C18H12N2/c1-2-5-16-13(4-1)6-7-14-12-15(8-9-17(14)16)18-19-10-3-11-20-18/h1-12H. The van der Waals surface area contributed by atoms with Gasteiger partial charge in [0.05, 0.1) is 0 Å². The van der Waals surface area contributed by atoms with E-state index in [0.717, 1.165) is 11.4 Å². The minimum Gasteiger partial charge on any atom is -0.237 e. The molecule has 4 aromatic rings. The van der Waals surface area contributed by atoms with Crippen molar-refractivity contribution in [3.8, 4) is 11.4 Å². The molecular weight excluding hydrogens is 244 g/mol. The molecular formula is C18H12N2. The number of rotatable bonds is 1. The molecule has 0 amide bonds. The Hall–Kier alpha value is -2.74. The Bertz CT molecular complexity index is 899. The molecule has 0 spiro atoms. The van der Waals surface area contributed by atoms with E-state index in [0.29, 0.717) is 0 Å². The highest BCUT2D eigenvalue weighted by atomic mass is 14.8. The highest BCUT2D eigenvalue weighted by Gasteiger charge is 2.04. The molecule has 0 saturated heterocycles. The summed E-state index contributed by atoms with van der Waals surface area (Å²) in [6.07, 6.45) is 3.54. The molecule has 0 N–H and O–H groups in total. The van der Waals surface area contributed by atoms with Crippen LogP contribution in [0.1, 0.15) is 0 Å². The van der Waals surface area contributed by atoms with Crippen molar-refractivity contribution < 1.29 is 0 Å². The van der Waals surface area contributed by atoms with Crippen LogP contribution in [0.2, 0.25) is 0 Å². The van der Waals surface area contributed by atoms with Gasteiger partial charge in [0.1, 0.15) is 0 Å². The fraction of sp³-hybridized carbons (Fsp3) is 0. The molecule has 0 saturated carbocycles. The van der Waals surface area contributed by atoms with Gasteiger partial charge in [0.25, 0.3) is 0 Å². The van der Waals surface area contributed by atoms with Crippen LogP contribution in [-0.4, -0.2) is 9.97 Å². The van der Waals surface area contributed by atoms with Gasteiger partial charge in [0.15, 0.2) is 5.82 Å². The summed E-state index contributed by atoms with van der Waals surface area (Å²) in [6.45, 7) is 0. The largest absolute Gasteiger partial charge is 0.237 e. The minimum absolute atomic E-state index is 0.766. The number of fused-ring (bicyclic) bond motifs is 3. The van der Waals surface area contributed by atoms with Crippen LogP contribution < -0.4 is 0 Å². The first kappa shape index (κ1) is 11.1. The van der Waals surface area contributed by atoms with Gasteiger partial charge in [-0.05, 0) is 33.7 Å². The lowest BCUT2D eigenvalue weighted by atomic mass is 10.00. The highest BCUT2D eigenvalue weighted by molar-refractivity contribution is 6.08. The number of aromatic nitrogens is 2. The van der Waals surface area contributed by atoms with Crippen molar-refractivity contribution in [2.75, 3.05) is 0 Å². The quantitative estimate of drug-likeness (QED) is 0.470. The van der Waals surface area contributed by atoms with Crippen molar-refractivity contribution in [3.63, 3.8) is 0 Å².